The predicted molar refractivity (Wildman–Crippen MR) is 130 cm³/mol. The van der Waals surface area contributed by atoms with Crippen LogP contribution in [-0.4, -0.2) is 59.6 Å². The number of hydrogen-bond donors (Lipinski definition) is 5. The SMILES string of the molecule is CC1CNc2c(CN[C@@H](CCCN=C(N)N)C(=O)N3CC[C@@H](C)C[C@@H]3C(=O)O)cccc2C1. The van der Waals surface area contributed by atoms with Gasteiger partial charge in [-0.15, -0.1) is 0 Å². The van der Waals surface area contributed by atoms with E-state index in [0.717, 1.165) is 30.6 Å². The van der Waals surface area contributed by atoms with Gasteiger partial charge in [0.15, 0.2) is 5.96 Å². The fourth-order valence-electron chi connectivity index (χ4n) is 4.81. The first-order valence-corrected chi connectivity index (χ1v) is 11.9. The number of carbonyl (C=O) groups is 2. The summed E-state index contributed by atoms with van der Waals surface area (Å²) in [6.07, 6.45) is 3.46. The maximum Gasteiger partial charge on any atom is 0.326 e. The summed E-state index contributed by atoms with van der Waals surface area (Å²) in [5, 5.41) is 16.7. The van der Waals surface area contributed by atoms with Gasteiger partial charge in [-0.1, -0.05) is 32.0 Å². The summed E-state index contributed by atoms with van der Waals surface area (Å²) in [5.41, 5.74) is 14.4. The van der Waals surface area contributed by atoms with Gasteiger partial charge in [-0.2, -0.15) is 0 Å². The number of carboxylic acids is 1. The van der Waals surface area contributed by atoms with Gasteiger partial charge < -0.3 is 32.1 Å². The van der Waals surface area contributed by atoms with Gasteiger partial charge in [0.05, 0.1) is 6.04 Å². The molecule has 4 atom stereocenters. The number of anilines is 1. The number of carbonyl (C=O) groups excluding carboxylic acids is 1. The molecule has 3 rings (SSSR count). The Bertz CT molecular complexity index is 870. The van der Waals surface area contributed by atoms with Crippen molar-refractivity contribution in [1.82, 2.24) is 10.2 Å². The Balaban J connectivity index is 1.74. The number of benzene rings is 1. The first-order valence-electron chi connectivity index (χ1n) is 11.9. The van der Waals surface area contributed by atoms with Crippen LogP contribution in [0, 0.1) is 11.8 Å². The topological polar surface area (TPSA) is 146 Å². The molecule has 0 aromatic heterocycles. The summed E-state index contributed by atoms with van der Waals surface area (Å²) in [4.78, 5) is 30.9. The van der Waals surface area contributed by atoms with Crippen molar-refractivity contribution in [2.24, 2.45) is 28.3 Å². The van der Waals surface area contributed by atoms with Crippen LogP contribution in [0.1, 0.15) is 50.7 Å². The summed E-state index contributed by atoms with van der Waals surface area (Å²) >= 11 is 0. The zero-order chi connectivity index (χ0) is 24.0. The molecule has 1 amide bonds. The quantitative estimate of drug-likeness (QED) is 0.214. The largest absolute Gasteiger partial charge is 0.480 e. The van der Waals surface area contributed by atoms with E-state index < -0.39 is 18.1 Å². The third-order valence-corrected chi connectivity index (χ3v) is 6.65. The molecule has 1 aromatic rings. The molecule has 1 aromatic carbocycles. The van der Waals surface area contributed by atoms with E-state index in [1.165, 1.54) is 5.56 Å². The summed E-state index contributed by atoms with van der Waals surface area (Å²) in [6.45, 7) is 6.60. The number of carboxylic acid groups (broad SMARTS) is 1. The molecule has 9 nitrogen and oxygen atoms in total. The smallest absolute Gasteiger partial charge is 0.326 e. The first kappa shape index (κ1) is 24.8. The number of likely N-dealkylation sites (tertiary alicyclic amines) is 1. The van der Waals surface area contributed by atoms with Crippen LogP contribution in [0.5, 0.6) is 0 Å². The number of rotatable bonds is 9. The molecule has 2 aliphatic heterocycles. The molecule has 1 fully saturated rings. The van der Waals surface area contributed by atoms with Crippen molar-refractivity contribution < 1.29 is 14.7 Å². The number of nitrogens with zero attached hydrogens (tertiary/aromatic N) is 2. The number of aliphatic carboxylic acids is 1. The number of fused-ring (bicyclic) bond motifs is 1. The fourth-order valence-corrected chi connectivity index (χ4v) is 4.81. The van der Waals surface area contributed by atoms with Crippen LogP contribution < -0.4 is 22.1 Å². The average Bonchev–Trinajstić information content (AvgIpc) is 2.77. The van der Waals surface area contributed by atoms with E-state index in [9.17, 15) is 14.7 Å². The van der Waals surface area contributed by atoms with E-state index in [4.69, 9.17) is 11.5 Å². The minimum atomic E-state index is -0.940. The molecule has 9 heteroatoms. The molecule has 7 N–H and O–H groups in total. The van der Waals surface area contributed by atoms with Gasteiger partial charge >= 0.3 is 5.97 Å². The second-order valence-corrected chi connectivity index (χ2v) is 9.54. The van der Waals surface area contributed by atoms with Crippen molar-refractivity contribution in [3.63, 3.8) is 0 Å². The molecule has 2 heterocycles. The molecule has 1 unspecified atom stereocenters. The van der Waals surface area contributed by atoms with E-state index in [2.05, 4.69) is 40.7 Å². The van der Waals surface area contributed by atoms with Gasteiger partial charge in [0.25, 0.3) is 0 Å². The second kappa shape index (κ2) is 11.4. The number of nitrogens with one attached hydrogen (secondary N) is 2. The Morgan fingerprint density at radius 2 is 2.09 bits per heavy atom. The normalized spacial score (nSPS) is 23.2. The third kappa shape index (κ3) is 6.60. The lowest BCUT2D eigenvalue weighted by Gasteiger charge is -2.38. The minimum Gasteiger partial charge on any atom is -0.480 e. The van der Waals surface area contributed by atoms with Crippen LogP contribution in [0.15, 0.2) is 23.2 Å². The molecule has 0 saturated carbocycles. The highest BCUT2D eigenvalue weighted by molar-refractivity contribution is 5.87. The van der Waals surface area contributed by atoms with Crippen LogP contribution in [0.25, 0.3) is 0 Å². The predicted octanol–water partition coefficient (Wildman–Crippen LogP) is 1.51. The lowest BCUT2D eigenvalue weighted by atomic mass is 9.91. The highest BCUT2D eigenvalue weighted by Gasteiger charge is 2.37. The average molecular weight is 459 g/mol. The molecule has 182 valence electrons. The molecule has 0 bridgehead atoms. The van der Waals surface area contributed by atoms with E-state index in [0.29, 0.717) is 44.8 Å². The minimum absolute atomic E-state index is 0.0259. The number of guanidine groups is 1. The first-order chi connectivity index (χ1) is 15.8. The number of piperidine rings is 1. The molecule has 33 heavy (non-hydrogen) atoms. The molecule has 1 saturated heterocycles. The monoisotopic (exact) mass is 458 g/mol. The van der Waals surface area contributed by atoms with Crippen LogP contribution >= 0.6 is 0 Å². The lowest BCUT2D eigenvalue weighted by molar-refractivity contribution is -0.154. The van der Waals surface area contributed by atoms with Gasteiger partial charge in [0, 0.05) is 31.9 Å². The lowest BCUT2D eigenvalue weighted by Crippen LogP contribution is -2.55. The van der Waals surface area contributed by atoms with E-state index in [-0.39, 0.29) is 17.8 Å². The number of nitrogens with two attached hydrogens (primary N) is 2. The van der Waals surface area contributed by atoms with Crippen LogP contribution in [0.3, 0.4) is 0 Å². The van der Waals surface area contributed by atoms with Crippen molar-refractivity contribution in [2.45, 2.75) is 64.6 Å². The fraction of sp³-hybridized carbons (Fsp3) is 0.625. The van der Waals surface area contributed by atoms with Crippen LogP contribution in [0.4, 0.5) is 5.69 Å². The van der Waals surface area contributed by atoms with Gasteiger partial charge in [-0.25, -0.2) is 4.79 Å². The van der Waals surface area contributed by atoms with Gasteiger partial charge in [-0.05, 0) is 55.1 Å². The van der Waals surface area contributed by atoms with Crippen molar-refractivity contribution >= 4 is 23.5 Å². The zero-order valence-corrected chi connectivity index (χ0v) is 19.7. The van der Waals surface area contributed by atoms with Crippen molar-refractivity contribution in [1.29, 1.82) is 0 Å². The maximum absolute atomic E-state index is 13.5. The third-order valence-electron chi connectivity index (χ3n) is 6.65. The molecule has 0 radical (unpaired) electrons. The summed E-state index contributed by atoms with van der Waals surface area (Å²) in [5.74, 6) is -0.208. The van der Waals surface area contributed by atoms with Crippen LogP contribution in [-0.2, 0) is 22.6 Å². The Morgan fingerprint density at radius 3 is 2.82 bits per heavy atom. The molecule has 0 aliphatic carbocycles. The number of hydrogen-bond acceptors (Lipinski definition) is 5. The number of para-hydroxylation sites is 1. The van der Waals surface area contributed by atoms with Crippen molar-refractivity contribution in [3.8, 4) is 0 Å². The summed E-state index contributed by atoms with van der Waals surface area (Å²) in [6, 6.07) is 4.98. The summed E-state index contributed by atoms with van der Waals surface area (Å²) in [7, 11) is 0. The highest BCUT2D eigenvalue weighted by atomic mass is 16.4. The Hall–Kier alpha value is -2.81. The maximum atomic E-state index is 13.5. The van der Waals surface area contributed by atoms with Gasteiger partial charge in [0.2, 0.25) is 5.91 Å². The zero-order valence-electron chi connectivity index (χ0n) is 19.7. The van der Waals surface area contributed by atoms with E-state index >= 15 is 0 Å². The molecular weight excluding hydrogens is 420 g/mol. The van der Waals surface area contributed by atoms with Crippen molar-refractivity contribution in [3.05, 3.63) is 29.3 Å². The second-order valence-electron chi connectivity index (χ2n) is 9.54. The van der Waals surface area contributed by atoms with Gasteiger partial charge in [-0.3, -0.25) is 9.79 Å². The van der Waals surface area contributed by atoms with E-state index in [1.54, 1.807) is 4.90 Å². The number of amides is 1. The standard InChI is InChI=1S/C24H38N6O3/c1-15-8-10-30(20(12-15)23(32)33)22(31)19(7-4-9-27-24(25)26)28-14-18-6-3-5-17-11-16(2)13-29-21(17)18/h3,5-6,15-16,19-20,28-29H,4,7-14H2,1-2H3,(H,32,33)(H4,25,26,27)/t15-,16?,19+,20-/m1/s1. The Kier molecular flexibility index (Phi) is 8.55. The molecular formula is C24H38N6O3. The number of aliphatic imine (C=N–C) groups is 1. The van der Waals surface area contributed by atoms with Crippen LogP contribution in [0.2, 0.25) is 0 Å². The molecule has 2 aliphatic rings. The Morgan fingerprint density at radius 1 is 1.30 bits per heavy atom. The Labute approximate surface area is 196 Å². The van der Waals surface area contributed by atoms with E-state index in [1.807, 2.05) is 6.92 Å². The van der Waals surface area contributed by atoms with Gasteiger partial charge in [0.1, 0.15) is 6.04 Å². The highest BCUT2D eigenvalue weighted by Crippen LogP contribution is 2.29. The summed E-state index contributed by atoms with van der Waals surface area (Å²) < 4.78 is 0. The molecule has 0 spiro atoms. The van der Waals surface area contributed by atoms with Crippen molar-refractivity contribution in [2.75, 3.05) is 25.0 Å².